The fourth-order valence-corrected chi connectivity index (χ4v) is 5.15. The summed E-state index contributed by atoms with van der Waals surface area (Å²) >= 11 is 0. The molecule has 2 fully saturated rings. The molecule has 0 amide bonds. The van der Waals surface area contributed by atoms with Crippen molar-refractivity contribution in [2.45, 2.75) is 42.7 Å². The van der Waals surface area contributed by atoms with E-state index in [1.807, 2.05) is 19.2 Å². The first-order valence-corrected chi connectivity index (χ1v) is 8.41. The smallest absolute Gasteiger partial charge is 0.163 e. The number of hydrogen-bond acceptors (Lipinski definition) is 5. The zero-order valence-electron chi connectivity index (χ0n) is 14.1. The van der Waals surface area contributed by atoms with E-state index in [1.165, 1.54) is 5.56 Å². The number of Topliss-reactive ketones (excluding diaryl/α,β-unsaturated/α-hetero) is 1. The summed E-state index contributed by atoms with van der Waals surface area (Å²) in [5.41, 5.74) is 0.901. The van der Waals surface area contributed by atoms with Gasteiger partial charge in [0.15, 0.2) is 5.78 Å². The standard InChI is InChI=1S/C19H23NO4/c1-20-6-5-18-10-16(22)13(11-21)9-19(18,23)17(20)7-12-3-4-14(24-2)8-15(12)18/h3-4,8,11,17,21,23H,5-7,9-10H2,1-2H3/b13-11-/t17-,18-,19-/m1/s1. The number of aliphatic hydroxyl groups excluding tert-OH is 1. The average Bonchev–Trinajstić information content (AvgIpc) is 2.58. The van der Waals surface area contributed by atoms with E-state index in [0.717, 1.165) is 37.0 Å². The van der Waals surface area contributed by atoms with E-state index in [9.17, 15) is 15.0 Å². The molecule has 0 radical (unpaired) electrons. The molecule has 0 spiro atoms. The second kappa shape index (κ2) is 5.07. The van der Waals surface area contributed by atoms with Crippen molar-refractivity contribution in [2.75, 3.05) is 20.7 Å². The highest BCUT2D eigenvalue weighted by Crippen LogP contribution is 2.58. The van der Waals surface area contributed by atoms with E-state index in [-0.39, 0.29) is 24.7 Å². The summed E-state index contributed by atoms with van der Waals surface area (Å²) in [6, 6.07) is 5.93. The van der Waals surface area contributed by atoms with Crippen LogP contribution in [0, 0.1) is 0 Å². The molecule has 4 rings (SSSR count). The Labute approximate surface area is 141 Å². The number of likely N-dealkylation sites (tertiary alicyclic amines) is 1. The lowest BCUT2D eigenvalue weighted by Crippen LogP contribution is -2.72. The molecular formula is C19H23NO4. The molecule has 0 aromatic heterocycles. The van der Waals surface area contributed by atoms with Crippen LogP contribution in [0.5, 0.6) is 5.75 Å². The Kier molecular flexibility index (Phi) is 3.31. The number of aliphatic hydroxyl groups is 2. The molecule has 1 saturated heterocycles. The zero-order chi connectivity index (χ0) is 17.1. The lowest BCUT2D eigenvalue weighted by atomic mass is 9.49. The number of fused-ring (bicyclic) bond motifs is 1. The van der Waals surface area contributed by atoms with Crippen molar-refractivity contribution in [2.24, 2.45) is 0 Å². The van der Waals surface area contributed by atoms with Crippen LogP contribution in [0.4, 0.5) is 0 Å². The highest BCUT2D eigenvalue weighted by Gasteiger charge is 2.65. The number of nitrogens with zero attached hydrogens (tertiary/aromatic N) is 1. The van der Waals surface area contributed by atoms with E-state index in [0.29, 0.717) is 5.57 Å². The van der Waals surface area contributed by atoms with E-state index in [4.69, 9.17) is 4.74 Å². The van der Waals surface area contributed by atoms with E-state index in [2.05, 4.69) is 11.0 Å². The first-order chi connectivity index (χ1) is 11.4. The van der Waals surface area contributed by atoms with E-state index in [1.54, 1.807) is 7.11 Å². The van der Waals surface area contributed by atoms with Crippen molar-refractivity contribution < 1.29 is 19.7 Å². The molecule has 1 saturated carbocycles. The third-order valence-corrected chi connectivity index (χ3v) is 6.49. The summed E-state index contributed by atoms with van der Waals surface area (Å²) in [6.07, 6.45) is 2.78. The van der Waals surface area contributed by atoms with Gasteiger partial charge in [0.25, 0.3) is 0 Å². The number of likely N-dealkylation sites (N-methyl/N-ethyl adjacent to an activating group) is 1. The van der Waals surface area contributed by atoms with Crippen molar-refractivity contribution in [3.8, 4) is 5.75 Å². The van der Waals surface area contributed by atoms with Crippen LogP contribution in [0.15, 0.2) is 30.0 Å². The number of methoxy groups -OCH3 is 1. The Bertz CT molecular complexity index is 743. The molecule has 5 nitrogen and oxygen atoms in total. The quantitative estimate of drug-likeness (QED) is 0.606. The SMILES string of the molecule is COc1ccc2c(c1)[C@]13CCN(C)[C@H](C2)[C@]1(O)C/C(=C/O)C(=O)C3. The predicted molar refractivity (Wildman–Crippen MR) is 89.3 cm³/mol. The van der Waals surface area contributed by atoms with Gasteiger partial charge in [0.2, 0.25) is 0 Å². The summed E-state index contributed by atoms with van der Waals surface area (Å²) in [5, 5.41) is 21.2. The molecule has 128 valence electrons. The number of hydrogen-bond donors (Lipinski definition) is 2. The van der Waals surface area contributed by atoms with Crippen LogP contribution in [-0.4, -0.2) is 53.2 Å². The van der Waals surface area contributed by atoms with Gasteiger partial charge in [0.1, 0.15) is 5.75 Å². The number of carbonyl (C=O) groups is 1. The highest BCUT2D eigenvalue weighted by molar-refractivity contribution is 5.98. The third-order valence-electron chi connectivity index (χ3n) is 6.49. The predicted octanol–water partition coefficient (Wildman–Crippen LogP) is 1.73. The summed E-state index contributed by atoms with van der Waals surface area (Å²) in [5.74, 6) is 0.681. The Hall–Kier alpha value is -1.85. The summed E-state index contributed by atoms with van der Waals surface area (Å²) in [6.45, 7) is 0.842. The Morgan fingerprint density at radius 1 is 1.38 bits per heavy atom. The molecule has 2 bridgehead atoms. The molecule has 1 aromatic carbocycles. The maximum absolute atomic E-state index is 12.6. The van der Waals surface area contributed by atoms with Crippen LogP contribution in [0.2, 0.25) is 0 Å². The first kappa shape index (κ1) is 15.7. The molecule has 24 heavy (non-hydrogen) atoms. The summed E-state index contributed by atoms with van der Waals surface area (Å²) in [7, 11) is 3.66. The zero-order valence-corrected chi connectivity index (χ0v) is 14.1. The van der Waals surface area contributed by atoms with Gasteiger partial charge in [-0.05, 0) is 49.7 Å². The fraction of sp³-hybridized carbons (Fsp3) is 0.526. The van der Waals surface area contributed by atoms with Crippen molar-refractivity contribution in [3.63, 3.8) is 0 Å². The van der Waals surface area contributed by atoms with Crippen LogP contribution >= 0.6 is 0 Å². The topological polar surface area (TPSA) is 70.0 Å². The number of rotatable bonds is 1. The van der Waals surface area contributed by atoms with Crippen molar-refractivity contribution in [3.05, 3.63) is 41.2 Å². The Morgan fingerprint density at radius 2 is 2.17 bits per heavy atom. The number of ether oxygens (including phenoxy) is 1. The molecule has 3 atom stereocenters. The normalized spacial score (nSPS) is 37.0. The van der Waals surface area contributed by atoms with Gasteiger partial charge in [-0.3, -0.25) is 4.79 Å². The van der Waals surface area contributed by atoms with Gasteiger partial charge < -0.3 is 19.8 Å². The second-order valence-corrected chi connectivity index (χ2v) is 7.41. The van der Waals surface area contributed by atoms with Crippen LogP contribution in [0.3, 0.4) is 0 Å². The van der Waals surface area contributed by atoms with Crippen LogP contribution in [-0.2, 0) is 16.6 Å². The second-order valence-electron chi connectivity index (χ2n) is 7.41. The number of piperidine rings is 1. The minimum absolute atomic E-state index is 0.0600. The van der Waals surface area contributed by atoms with Gasteiger partial charge in [-0.15, -0.1) is 0 Å². The van der Waals surface area contributed by atoms with Crippen molar-refractivity contribution in [1.29, 1.82) is 0 Å². The largest absolute Gasteiger partial charge is 0.515 e. The summed E-state index contributed by atoms with van der Waals surface area (Å²) in [4.78, 5) is 14.8. The Balaban J connectivity index is 1.96. The Morgan fingerprint density at radius 3 is 2.88 bits per heavy atom. The summed E-state index contributed by atoms with van der Waals surface area (Å²) < 4.78 is 5.39. The van der Waals surface area contributed by atoms with Crippen molar-refractivity contribution in [1.82, 2.24) is 4.90 Å². The molecule has 1 aromatic rings. The molecule has 0 unspecified atom stereocenters. The van der Waals surface area contributed by atoms with Crippen molar-refractivity contribution >= 4 is 5.78 Å². The molecule has 1 heterocycles. The monoisotopic (exact) mass is 329 g/mol. The van der Waals surface area contributed by atoms with Gasteiger partial charge in [-0.2, -0.15) is 0 Å². The fourth-order valence-electron chi connectivity index (χ4n) is 5.15. The number of benzene rings is 1. The van der Waals surface area contributed by atoms with Crippen LogP contribution in [0.25, 0.3) is 0 Å². The lowest BCUT2D eigenvalue weighted by Gasteiger charge is -2.63. The minimum Gasteiger partial charge on any atom is -0.515 e. The van der Waals surface area contributed by atoms with Gasteiger partial charge >= 0.3 is 0 Å². The minimum atomic E-state index is -1.05. The van der Waals surface area contributed by atoms with Gasteiger partial charge in [-0.1, -0.05) is 6.07 Å². The van der Waals surface area contributed by atoms with Crippen LogP contribution in [0.1, 0.15) is 30.4 Å². The lowest BCUT2D eigenvalue weighted by molar-refractivity contribution is -0.160. The van der Waals surface area contributed by atoms with Gasteiger partial charge in [0.05, 0.1) is 19.0 Å². The molecule has 2 N–H and O–H groups in total. The van der Waals surface area contributed by atoms with Gasteiger partial charge in [-0.25, -0.2) is 0 Å². The average molecular weight is 329 g/mol. The molecule has 5 heteroatoms. The van der Waals surface area contributed by atoms with E-state index < -0.39 is 11.0 Å². The number of ketones is 1. The third kappa shape index (κ3) is 1.80. The molecule has 2 aliphatic carbocycles. The first-order valence-electron chi connectivity index (χ1n) is 8.41. The highest BCUT2D eigenvalue weighted by atomic mass is 16.5. The van der Waals surface area contributed by atoms with Crippen LogP contribution < -0.4 is 4.74 Å². The van der Waals surface area contributed by atoms with Gasteiger partial charge in [0, 0.05) is 29.9 Å². The number of carbonyl (C=O) groups excluding carboxylic acids is 1. The molecule has 1 aliphatic heterocycles. The van der Waals surface area contributed by atoms with E-state index >= 15 is 0 Å². The maximum Gasteiger partial charge on any atom is 0.163 e. The maximum atomic E-state index is 12.6. The molecular weight excluding hydrogens is 306 g/mol. The molecule has 3 aliphatic rings.